The van der Waals surface area contributed by atoms with Gasteiger partial charge in [-0.2, -0.15) is 0 Å². The van der Waals surface area contributed by atoms with Crippen molar-refractivity contribution in [3.63, 3.8) is 0 Å². The number of carbonyl (C=O) groups is 1. The molecule has 1 fully saturated rings. The average Bonchev–Trinajstić information content (AvgIpc) is 3.15. The van der Waals surface area contributed by atoms with E-state index >= 15 is 0 Å². The van der Waals surface area contributed by atoms with Gasteiger partial charge in [-0.15, -0.1) is 5.10 Å². The molecule has 0 spiro atoms. The summed E-state index contributed by atoms with van der Waals surface area (Å²) >= 11 is 0. The van der Waals surface area contributed by atoms with Crippen LogP contribution in [-0.4, -0.2) is 36.0 Å². The molecule has 1 atom stereocenters. The molecule has 1 unspecified atom stereocenters. The molecule has 0 N–H and O–H groups in total. The summed E-state index contributed by atoms with van der Waals surface area (Å²) in [6.07, 6.45) is 6.89. The molecule has 7 nitrogen and oxygen atoms in total. The van der Waals surface area contributed by atoms with Crippen LogP contribution in [0, 0.1) is 0 Å². The average molecular weight is 314 g/mol. The van der Waals surface area contributed by atoms with Crippen LogP contribution in [-0.2, 0) is 23.4 Å². The first-order chi connectivity index (χ1) is 11.1. The molecule has 2 aromatic rings. The van der Waals surface area contributed by atoms with Crippen LogP contribution < -0.4 is 0 Å². The van der Waals surface area contributed by atoms with E-state index in [0.29, 0.717) is 13.0 Å². The minimum Gasteiger partial charge on any atom is -0.326 e. The van der Waals surface area contributed by atoms with Crippen molar-refractivity contribution < 1.29 is 4.79 Å². The Hall–Kier alpha value is -2.31. The lowest BCUT2D eigenvalue weighted by atomic mass is 9.97. The molecule has 1 saturated heterocycles. The summed E-state index contributed by atoms with van der Waals surface area (Å²) in [5.41, 5.74) is 0.547. The topological polar surface area (TPSA) is 76.8 Å². The lowest BCUT2D eigenvalue weighted by Crippen LogP contribution is -2.42. The molecule has 0 aromatic carbocycles. The van der Waals surface area contributed by atoms with Crippen molar-refractivity contribution in [3.8, 4) is 0 Å². The molecule has 1 aliphatic rings. The highest BCUT2D eigenvalue weighted by Gasteiger charge is 2.46. The van der Waals surface area contributed by atoms with Gasteiger partial charge in [0, 0.05) is 31.9 Å². The Morgan fingerprint density at radius 2 is 2.26 bits per heavy atom. The van der Waals surface area contributed by atoms with Gasteiger partial charge >= 0.3 is 0 Å². The molecule has 0 bridgehead atoms. The highest BCUT2D eigenvalue weighted by Crippen LogP contribution is 2.39. The summed E-state index contributed by atoms with van der Waals surface area (Å²) in [4.78, 5) is 18.5. The van der Waals surface area contributed by atoms with Crippen LogP contribution in [0.1, 0.15) is 50.9 Å². The van der Waals surface area contributed by atoms with Crippen molar-refractivity contribution in [1.29, 1.82) is 0 Å². The molecule has 23 heavy (non-hydrogen) atoms. The van der Waals surface area contributed by atoms with Gasteiger partial charge in [0.1, 0.15) is 5.54 Å². The zero-order chi connectivity index (χ0) is 16.3. The minimum absolute atomic E-state index is 0.140. The van der Waals surface area contributed by atoms with Gasteiger partial charge in [0.15, 0.2) is 5.82 Å². The number of rotatable bonds is 6. The van der Waals surface area contributed by atoms with E-state index in [2.05, 4.69) is 34.4 Å². The van der Waals surface area contributed by atoms with Crippen LogP contribution in [0.2, 0.25) is 0 Å². The Morgan fingerprint density at radius 1 is 1.39 bits per heavy atom. The fraction of sp³-hybridized carbons (Fsp3) is 0.562. The maximum absolute atomic E-state index is 12.4. The second kappa shape index (κ2) is 6.44. The molecule has 1 aliphatic heterocycles. The number of amides is 1. The largest absolute Gasteiger partial charge is 0.326 e. The van der Waals surface area contributed by atoms with E-state index in [1.807, 2.05) is 21.7 Å². The van der Waals surface area contributed by atoms with E-state index in [4.69, 9.17) is 0 Å². The molecule has 0 aliphatic carbocycles. The minimum atomic E-state index is -0.468. The van der Waals surface area contributed by atoms with E-state index in [1.54, 1.807) is 12.4 Å². The van der Waals surface area contributed by atoms with Crippen molar-refractivity contribution in [2.75, 3.05) is 0 Å². The first-order valence-corrected chi connectivity index (χ1v) is 8.11. The zero-order valence-electron chi connectivity index (χ0n) is 13.6. The lowest BCUT2D eigenvalue weighted by Gasteiger charge is -2.34. The van der Waals surface area contributed by atoms with Crippen LogP contribution in [0.25, 0.3) is 0 Å². The standard InChI is InChI=1S/C16H22N6O/c1-3-4-10-22-15(18-19-20-22)16(2)8-7-14(23)21(16)12-13-6-5-9-17-11-13/h5-6,9,11H,3-4,7-8,10,12H2,1-2H3. The Labute approximate surface area is 135 Å². The number of aryl methyl sites for hydroxylation is 1. The molecular weight excluding hydrogens is 292 g/mol. The van der Waals surface area contributed by atoms with Gasteiger partial charge < -0.3 is 4.90 Å². The van der Waals surface area contributed by atoms with Gasteiger partial charge in [-0.3, -0.25) is 9.78 Å². The van der Waals surface area contributed by atoms with Crippen LogP contribution in [0.5, 0.6) is 0 Å². The molecule has 3 heterocycles. The summed E-state index contributed by atoms with van der Waals surface area (Å²) < 4.78 is 1.85. The van der Waals surface area contributed by atoms with Crippen LogP contribution in [0.3, 0.4) is 0 Å². The van der Waals surface area contributed by atoms with Crippen molar-refractivity contribution in [2.24, 2.45) is 0 Å². The maximum Gasteiger partial charge on any atom is 0.223 e. The molecule has 122 valence electrons. The molecule has 2 aromatic heterocycles. The number of nitrogens with zero attached hydrogens (tertiary/aromatic N) is 6. The van der Waals surface area contributed by atoms with E-state index in [-0.39, 0.29) is 5.91 Å². The number of pyridine rings is 1. The van der Waals surface area contributed by atoms with E-state index in [1.165, 1.54) is 0 Å². The predicted molar refractivity (Wildman–Crippen MR) is 84.1 cm³/mol. The van der Waals surface area contributed by atoms with Crippen molar-refractivity contribution >= 4 is 5.91 Å². The van der Waals surface area contributed by atoms with Gasteiger partial charge in [0.05, 0.1) is 0 Å². The van der Waals surface area contributed by atoms with Crippen LogP contribution >= 0.6 is 0 Å². The van der Waals surface area contributed by atoms with Crippen molar-refractivity contribution in [2.45, 2.75) is 58.2 Å². The smallest absolute Gasteiger partial charge is 0.223 e. The number of unbranched alkanes of at least 4 members (excludes halogenated alkanes) is 1. The summed E-state index contributed by atoms with van der Waals surface area (Å²) in [7, 11) is 0. The summed E-state index contributed by atoms with van der Waals surface area (Å²) in [5.74, 6) is 0.919. The fourth-order valence-corrected chi connectivity index (χ4v) is 3.11. The van der Waals surface area contributed by atoms with Crippen LogP contribution in [0.15, 0.2) is 24.5 Å². The number of aromatic nitrogens is 5. The predicted octanol–water partition coefficient (Wildman–Crippen LogP) is 1.91. The number of tetrazole rings is 1. The summed E-state index contributed by atoms with van der Waals surface area (Å²) in [6.45, 7) is 5.51. The lowest BCUT2D eigenvalue weighted by molar-refractivity contribution is -0.132. The van der Waals surface area contributed by atoms with Crippen molar-refractivity contribution in [1.82, 2.24) is 30.1 Å². The van der Waals surface area contributed by atoms with Gasteiger partial charge in [-0.1, -0.05) is 19.4 Å². The monoisotopic (exact) mass is 314 g/mol. The molecule has 7 heteroatoms. The highest BCUT2D eigenvalue weighted by atomic mass is 16.2. The molecule has 0 radical (unpaired) electrons. The number of hydrogen-bond donors (Lipinski definition) is 0. The van der Waals surface area contributed by atoms with Crippen LogP contribution in [0.4, 0.5) is 0 Å². The first-order valence-electron chi connectivity index (χ1n) is 8.11. The number of carbonyl (C=O) groups excluding carboxylic acids is 1. The number of likely N-dealkylation sites (tertiary alicyclic amines) is 1. The number of hydrogen-bond acceptors (Lipinski definition) is 5. The van der Waals surface area contributed by atoms with Crippen molar-refractivity contribution in [3.05, 3.63) is 35.9 Å². The fourth-order valence-electron chi connectivity index (χ4n) is 3.11. The summed E-state index contributed by atoms with van der Waals surface area (Å²) in [5, 5.41) is 12.2. The Bertz CT molecular complexity index is 670. The quantitative estimate of drug-likeness (QED) is 0.814. The molecular formula is C16H22N6O. The van der Waals surface area contributed by atoms with Gasteiger partial charge in [-0.25, -0.2) is 4.68 Å². The Kier molecular flexibility index (Phi) is 4.36. The van der Waals surface area contributed by atoms with E-state index in [9.17, 15) is 4.79 Å². The van der Waals surface area contributed by atoms with Gasteiger partial charge in [-0.05, 0) is 41.8 Å². The Balaban J connectivity index is 1.89. The molecule has 3 rings (SSSR count). The summed E-state index contributed by atoms with van der Waals surface area (Å²) in [6, 6.07) is 3.87. The van der Waals surface area contributed by atoms with Gasteiger partial charge in [0.2, 0.25) is 5.91 Å². The zero-order valence-corrected chi connectivity index (χ0v) is 13.6. The third kappa shape index (κ3) is 2.95. The normalized spacial score (nSPS) is 21.1. The maximum atomic E-state index is 12.4. The first kappa shape index (κ1) is 15.6. The third-order valence-electron chi connectivity index (χ3n) is 4.52. The van der Waals surface area contributed by atoms with E-state index < -0.39 is 5.54 Å². The van der Waals surface area contributed by atoms with E-state index in [0.717, 1.165) is 37.2 Å². The SMILES string of the molecule is CCCCn1nnnc1C1(C)CCC(=O)N1Cc1cccnc1. The molecule has 1 amide bonds. The third-order valence-corrected chi connectivity index (χ3v) is 4.52. The Morgan fingerprint density at radius 3 is 3.00 bits per heavy atom. The second-order valence-electron chi connectivity index (χ2n) is 6.19. The van der Waals surface area contributed by atoms with Gasteiger partial charge in [0.25, 0.3) is 0 Å². The molecule has 0 saturated carbocycles. The second-order valence-corrected chi connectivity index (χ2v) is 6.19. The highest BCUT2D eigenvalue weighted by molar-refractivity contribution is 5.79.